The quantitative estimate of drug-likeness (QED) is 0.440. The Morgan fingerprint density at radius 2 is 2.21 bits per heavy atom. The summed E-state index contributed by atoms with van der Waals surface area (Å²) < 4.78 is 0. The number of halogens is 1. The van der Waals surface area contributed by atoms with Crippen molar-refractivity contribution < 1.29 is 9.72 Å². The second-order valence-corrected chi connectivity index (χ2v) is 3.26. The molecule has 5 heteroatoms. The summed E-state index contributed by atoms with van der Waals surface area (Å²) >= 11 is 5.78. The van der Waals surface area contributed by atoms with E-state index in [2.05, 4.69) is 0 Å². The largest absolute Gasteiger partial charge is 0.303 e. The highest BCUT2D eigenvalue weighted by molar-refractivity contribution is 6.31. The van der Waals surface area contributed by atoms with Crippen LogP contribution in [0.5, 0.6) is 0 Å². The molecule has 0 aliphatic rings. The zero-order chi connectivity index (χ0) is 10.7. The molecule has 0 bridgehead atoms. The van der Waals surface area contributed by atoms with E-state index in [1.165, 1.54) is 18.2 Å². The molecule has 0 spiro atoms. The standard InChI is InChI=1S/C9H8ClNO3/c1-6(5-12)9-7(10)3-2-4-8(9)11(13)14/h2-6H,1H3. The summed E-state index contributed by atoms with van der Waals surface area (Å²) in [6.45, 7) is 1.57. The van der Waals surface area contributed by atoms with Crippen molar-refractivity contribution in [2.24, 2.45) is 0 Å². The van der Waals surface area contributed by atoms with Crippen LogP contribution in [-0.4, -0.2) is 11.2 Å². The molecule has 0 saturated carbocycles. The minimum absolute atomic E-state index is 0.114. The van der Waals surface area contributed by atoms with Crippen LogP contribution < -0.4 is 0 Å². The fraction of sp³-hybridized carbons (Fsp3) is 0.222. The van der Waals surface area contributed by atoms with Gasteiger partial charge in [0.1, 0.15) is 6.29 Å². The van der Waals surface area contributed by atoms with Crippen molar-refractivity contribution >= 4 is 23.6 Å². The molecule has 0 amide bonds. The first-order valence-corrected chi connectivity index (χ1v) is 4.33. The molecule has 1 aromatic rings. The summed E-state index contributed by atoms with van der Waals surface area (Å²) in [4.78, 5) is 20.6. The monoisotopic (exact) mass is 213 g/mol. The van der Waals surface area contributed by atoms with E-state index in [1.807, 2.05) is 0 Å². The van der Waals surface area contributed by atoms with Crippen LogP contribution in [-0.2, 0) is 4.79 Å². The Kier molecular flexibility index (Phi) is 3.19. The van der Waals surface area contributed by atoms with Crippen molar-refractivity contribution in [2.45, 2.75) is 12.8 Å². The molecule has 0 aromatic heterocycles. The van der Waals surface area contributed by atoms with Gasteiger partial charge in [-0.3, -0.25) is 10.1 Å². The summed E-state index contributed by atoms with van der Waals surface area (Å²) in [5.41, 5.74) is 0.159. The number of nitro benzene ring substituents is 1. The lowest BCUT2D eigenvalue weighted by Crippen LogP contribution is -2.01. The van der Waals surface area contributed by atoms with E-state index in [0.717, 1.165) is 0 Å². The maximum Gasteiger partial charge on any atom is 0.274 e. The molecule has 0 fully saturated rings. The third kappa shape index (κ3) is 1.90. The Balaban J connectivity index is 3.36. The molecule has 0 N–H and O–H groups in total. The highest BCUT2D eigenvalue weighted by Crippen LogP contribution is 2.31. The van der Waals surface area contributed by atoms with Crippen molar-refractivity contribution in [2.75, 3.05) is 0 Å². The van der Waals surface area contributed by atoms with Gasteiger partial charge in [0.05, 0.1) is 15.5 Å². The van der Waals surface area contributed by atoms with Gasteiger partial charge in [-0.15, -0.1) is 0 Å². The van der Waals surface area contributed by atoms with Gasteiger partial charge < -0.3 is 4.79 Å². The van der Waals surface area contributed by atoms with Crippen molar-refractivity contribution in [3.05, 3.63) is 38.9 Å². The van der Waals surface area contributed by atoms with Crippen LogP contribution in [0.3, 0.4) is 0 Å². The molecule has 1 rings (SSSR count). The molecular weight excluding hydrogens is 206 g/mol. The van der Waals surface area contributed by atoms with Crippen LogP contribution in [0.4, 0.5) is 5.69 Å². The zero-order valence-corrected chi connectivity index (χ0v) is 8.19. The van der Waals surface area contributed by atoms with Crippen LogP contribution in [0.1, 0.15) is 18.4 Å². The summed E-state index contributed by atoms with van der Waals surface area (Å²) in [7, 11) is 0. The van der Waals surface area contributed by atoms with Gasteiger partial charge in [0.15, 0.2) is 0 Å². The van der Waals surface area contributed by atoms with E-state index in [0.29, 0.717) is 6.29 Å². The predicted octanol–water partition coefficient (Wildman–Crippen LogP) is 2.55. The van der Waals surface area contributed by atoms with Gasteiger partial charge in [-0.2, -0.15) is 0 Å². The van der Waals surface area contributed by atoms with E-state index in [1.54, 1.807) is 6.92 Å². The van der Waals surface area contributed by atoms with Crippen molar-refractivity contribution in [3.8, 4) is 0 Å². The highest BCUT2D eigenvalue weighted by atomic mass is 35.5. The number of aldehydes is 1. The van der Waals surface area contributed by atoms with Gasteiger partial charge in [-0.05, 0) is 6.07 Å². The third-order valence-corrected chi connectivity index (χ3v) is 2.22. The molecule has 0 aliphatic heterocycles. The van der Waals surface area contributed by atoms with E-state index < -0.39 is 10.8 Å². The maximum absolute atomic E-state index is 10.6. The number of nitrogens with zero attached hydrogens (tertiary/aromatic N) is 1. The Morgan fingerprint density at radius 3 is 2.71 bits per heavy atom. The van der Waals surface area contributed by atoms with E-state index >= 15 is 0 Å². The summed E-state index contributed by atoms with van der Waals surface area (Å²) in [5.74, 6) is -0.566. The van der Waals surface area contributed by atoms with Crippen LogP contribution in [0.2, 0.25) is 5.02 Å². The second kappa shape index (κ2) is 4.19. The highest BCUT2D eigenvalue weighted by Gasteiger charge is 2.21. The van der Waals surface area contributed by atoms with Gasteiger partial charge in [0.2, 0.25) is 0 Å². The Labute approximate surface area is 85.6 Å². The van der Waals surface area contributed by atoms with Crippen molar-refractivity contribution in [3.63, 3.8) is 0 Å². The summed E-state index contributed by atoms with van der Waals surface area (Å²) in [5, 5.41) is 10.9. The number of hydrogen-bond acceptors (Lipinski definition) is 3. The number of rotatable bonds is 3. The van der Waals surface area contributed by atoms with Gasteiger partial charge in [-0.1, -0.05) is 24.6 Å². The SMILES string of the molecule is CC(C=O)c1c(Cl)cccc1[N+](=O)[O-]. The van der Waals surface area contributed by atoms with Gasteiger partial charge in [0.25, 0.3) is 5.69 Å². The molecule has 1 atom stereocenters. The third-order valence-electron chi connectivity index (χ3n) is 1.89. The topological polar surface area (TPSA) is 60.2 Å². The molecule has 14 heavy (non-hydrogen) atoms. The molecule has 1 unspecified atom stereocenters. The lowest BCUT2D eigenvalue weighted by atomic mass is 10.0. The average Bonchev–Trinajstić information content (AvgIpc) is 2.16. The Bertz CT molecular complexity index is 378. The normalized spacial score (nSPS) is 12.1. The maximum atomic E-state index is 10.6. The number of nitro groups is 1. The van der Waals surface area contributed by atoms with Crippen LogP contribution in [0.15, 0.2) is 18.2 Å². The Hall–Kier alpha value is -1.42. The van der Waals surface area contributed by atoms with Crippen LogP contribution in [0.25, 0.3) is 0 Å². The van der Waals surface area contributed by atoms with Gasteiger partial charge in [-0.25, -0.2) is 0 Å². The molecule has 4 nitrogen and oxygen atoms in total. The van der Waals surface area contributed by atoms with Crippen LogP contribution in [0, 0.1) is 10.1 Å². The predicted molar refractivity (Wildman–Crippen MR) is 52.6 cm³/mol. The fourth-order valence-electron chi connectivity index (χ4n) is 1.20. The lowest BCUT2D eigenvalue weighted by Gasteiger charge is -2.06. The summed E-state index contributed by atoms with van der Waals surface area (Å²) in [6, 6.07) is 4.35. The minimum atomic E-state index is -0.566. The zero-order valence-electron chi connectivity index (χ0n) is 7.44. The number of carbonyl (C=O) groups is 1. The molecule has 0 saturated heterocycles. The Morgan fingerprint density at radius 1 is 1.57 bits per heavy atom. The van der Waals surface area contributed by atoms with Crippen molar-refractivity contribution in [1.82, 2.24) is 0 Å². The van der Waals surface area contributed by atoms with Gasteiger partial charge >= 0.3 is 0 Å². The fourth-order valence-corrected chi connectivity index (χ4v) is 1.55. The first-order chi connectivity index (χ1) is 6.57. The molecule has 0 aliphatic carbocycles. The first-order valence-electron chi connectivity index (χ1n) is 3.96. The number of hydrogen-bond donors (Lipinski definition) is 0. The number of carbonyl (C=O) groups excluding carboxylic acids is 1. The first kappa shape index (κ1) is 10.7. The second-order valence-electron chi connectivity index (χ2n) is 2.85. The smallest absolute Gasteiger partial charge is 0.274 e. The average molecular weight is 214 g/mol. The molecule has 0 radical (unpaired) electrons. The minimum Gasteiger partial charge on any atom is -0.303 e. The van der Waals surface area contributed by atoms with Crippen LogP contribution >= 0.6 is 11.6 Å². The van der Waals surface area contributed by atoms with E-state index in [-0.39, 0.29) is 16.3 Å². The molecule has 1 aromatic carbocycles. The lowest BCUT2D eigenvalue weighted by molar-refractivity contribution is -0.385. The van der Waals surface area contributed by atoms with E-state index in [9.17, 15) is 14.9 Å². The number of benzene rings is 1. The molecule has 74 valence electrons. The molecule has 0 heterocycles. The van der Waals surface area contributed by atoms with E-state index in [4.69, 9.17) is 11.6 Å². The van der Waals surface area contributed by atoms with Gasteiger partial charge in [0, 0.05) is 12.0 Å². The molecular formula is C9H8ClNO3. The van der Waals surface area contributed by atoms with Crippen molar-refractivity contribution in [1.29, 1.82) is 0 Å². The summed E-state index contributed by atoms with van der Waals surface area (Å²) in [6.07, 6.45) is 0.633.